The van der Waals surface area contributed by atoms with Crippen molar-refractivity contribution >= 4 is 34.2 Å². The molecule has 0 spiro atoms. The van der Waals surface area contributed by atoms with E-state index in [1.165, 1.54) is 0 Å². The predicted molar refractivity (Wildman–Crippen MR) is 107 cm³/mol. The molecule has 0 aliphatic heterocycles. The molecule has 0 saturated carbocycles. The maximum atomic E-state index is 12.1. The van der Waals surface area contributed by atoms with Gasteiger partial charge in [-0.3, -0.25) is 9.59 Å². The van der Waals surface area contributed by atoms with Crippen molar-refractivity contribution in [2.75, 3.05) is 13.2 Å². The number of benzene rings is 3. The summed E-state index contributed by atoms with van der Waals surface area (Å²) in [6, 6.07) is 21.1. The van der Waals surface area contributed by atoms with Crippen LogP contribution < -0.4 is 5.32 Å². The van der Waals surface area contributed by atoms with Gasteiger partial charge in [-0.1, -0.05) is 66.2 Å². The Hall–Kier alpha value is -2.85. The number of fused-ring (bicyclic) bond motifs is 1. The zero-order valence-corrected chi connectivity index (χ0v) is 15.5. The van der Waals surface area contributed by atoms with Crippen molar-refractivity contribution in [3.63, 3.8) is 0 Å². The first kappa shape index (κ1) is 18.9. The molecular weight excluding hydrogens is 362 g/mol. The summed E-state index contributed by atoms with van der Waals surface area (Å²) in [5, 5.41) is 5.52. The first-order valence-electron chi connectivity index (χ1n) is 8.75. The lowest BCUT2D eigenvalue weighted by Gasteiger charge is -2.08. The molecule has 1 amide bonds. The topological polar surface area (TPSA) is 55.4 Å². The second-order valence-electron chi connectivity index (χ2n) is 6.20. The lowest BCUT2D eigenvalue weighted by atomic mass is 10.0. The van der Waals surface area contributed by atoms with Crippen LogP contribution in [0.15, 0.2) is 66.7 Å². The van der Waals surface area contributed by atoms with Crippen molar-refractivity contribution in [3.8, 4) is 0 Å². The summed E-state index contributed by atoms with van der Waals surface area (Å²) in [7, 11) is 0. The van der Waals surface area contributed by atoms with Crippen molar-refractivity contribution in [2.45, 2.75) is 12.8 Å². The van der Waals surface area contributed by atoms with Gasteiger partial charge in [0.05, 0.1) is 6.42 Å². The van der Waals surface area contributed by atoms with Crippen molar-refractivity contribution < 1.29 is 14.3 Å². The van der Waals surface area contributed by atoms with E-state index < -0.39 is 5.97 Å². The Bertz CT molecular complexity index is 932. The Morgan fingerprint density at radius 3 is 2.48 bits per heavy atom. The largest absolute Gasteiger partial charge is 0.455 e. The van der Waals surface area contributed by atoms with Gasteiger partial charge < -0.3 is 10.1 Å². The maximum Gasteiger partial charge on any atom is 0.310 e. The van der Waals surface area contributed by atoms with Crippen molar-refractivity contribution in [1.29, 1.82) is 0 Å². The van der Waals surface area contributed by atoms with E-state index in [9.17, 15) is 9.59 Å². The highest BCUT2D eigenvalue weighted by atomic mass is 35.5. The highest BCUT2D eigenvalue weighted by Crippen LogP contribution is 2.19. The fourth-order valence-corrected chi connectivity index (χ4v) is 2.97. The summed E-state index contributed by atoms with van der Waals surface area (Å²) in [6.07, 6.45) is 0.826. The van der Waals surface area contributed by atoms with Gasteiger partial charge in [-0.2, -0.15) is 0 Å². The molecule has 3 rings (SSSR count). The van der Waals surface area contributed by atoms with E-state index in [0.29, 0.717) is 18.0 Å². The third-order valence-electron chi connectivity index (χ3n) is 4.23. The Labute approximate surface area is 163 Å². The fraction of sp³-hybridized carbons (Fsp3) is 0.182. The van der Waals surface area contributed by atoms with Crippen LogP contribution in [0.25, 0.3) is 10.8 Å². The molecule has 0 heterocycles. The van der Waals surface area contributed by atoms with Gasteiger partial charge in [0.15, 0.2) is 6.61 Å². The Balaban J connectivity index is 1.43. The normalized spacial score (nSPS) is 10.6. The van der Waals surface area contributed by atoms with Crippen LogP contribution in [0.5, 0.6) is 0 Å². The fourth-order valence-electron chi connectivity index (χ4n) is 2.85. The van der Waals surface area contributed by atoms with Crippen LogP contribution in [0.2, 0.25) is 5.02 Å². The van der Waals surface area contributed by atoms with Crippen molar-refractivity contribution in [3.05, 3.63) is 82.9 Å². The summed E-state index contributed by atoms with van der Waals surface area (Å²) in [6.45, 7) is 0.200. The molecule has 0 aliphatic rings. The average Bonchev–Trinajstić information content (AvgIpc) is 2.68. The van der Waals surface area contributed by atoms with E-state index >= 15 is 0 Å². The summed E-state index contributed by atoms with van der Waals surface area (Å²) in [5.74, 6) is -0.727. The Kier molecular flexibility index (Phi) is 6.44. The van der Waals surface area contributed by atoms with E-state index in [1.54, 1.807) is 0 Å². The summed E-state index contributed by atoms with van der Waals surface area (Å²) in [5.41, 5.74) is 1.97. The molecule has 0 saturated heterocycles. The molecule has 4 nitrogen and oxygen atoms in total. The molecule has 3 aromatic rings. The zero-order chi connectivity index (χ0) is 19.1. The van der Waals surface area contributed by atoms with Gasteiger partial charge in [-0.15, -0.1) is 0 Å². The number of amides is 1. The standard InChI is InChI=1S/C22H20ClNO3/c23-19-10-8-16(9-11-19)12-13-24-21(25)15-27-22(26)14-18-6-3-5-17-4-1-2-7-20(17)18/h1-11H,12-15H2,(H,24,25). The molecule has 0 unspecified atom stereocenters. The summed E-state index contributed by atoms with van der Waals surface area (Å²) < 4.78 is 5.11. The second kappa shape index (κ2) is 9.19. The van der Waals surface area contributed by atoms with Crippen LogP contribution >= 0.6 is 11.6 Å². The van der Waals surface area contributed by atoms with E-state index in [-0.39, 0.29) is 18.9 Å². The lowest BCUT2D eigenvalue weighted by Crippen LogP contribution is -2.30. The molecule has 3 aromatic carbocycles. The number of ether oxygens (including phenoxy) is 1. The van der Waals surface area contributed by atoms with E-state index in [1.807, 2.05) is 66.7 Å². The van der Waals surface area contributed by atoms with Gasteiger partial charge in [0.2, 0.25) is 0 Å². The smallest absolute Gasteiger partial charge is 0.310 e. The number of carbonyl (C=O) groups is 2. The quantitative estimate of drug-likeness (QED) is 0.631. The van der Waals surface area contributed by atoms with Gasteiger partial charge >= 0.3 is 5.97 Å². The number of halogens is 1. The predicted octanol–water partition coefficient (Wildman–Crippen LogP) is 3.94. The minimum Gasteiger partial charge on any atom is -0.455 e. The van der Waals surface area contributed by atoms with E-state index in [4.69, 9.17) is 16.3 Å². The van der Waals surface area contributed by atoms with Gasteiger partial charge in [0.25, 0.3) is 5.91 Å². The van der Waals surface area contributed by atoms with Crippen LogP contribution in [0.1, 0.15) is 11.1 Å². The van der Waals surface area contributed by atoms with Gasteiger partial charge in [0, 0.05) is 11.6 Å². The third-order valence-corrected chi connectivity index (χ3v) is 4.48. The number of hydrogen-bond acceptors (Lipinski definition) is 3. The highest BCUT2D eigenvalue weighted by molar-refractivity contribution is 6.30. The van der Waals surface area contributed by atoms with Gasteiger partial charge in [-0.05, 0) is 40.5 Å². The van der Waals surface area contributed by atoms with Crippen LogP contribution in [0, 0.1) is 0 Å². The van der Waals surface area contributed by atoms with Crippen molar-refractivity contribution in [2.24, 2.45) is 0 Å². The minimum absolute atomic E-state index is 0.138. The zero-order valence-electron chi connectivity index (χ0n) is 14.8. The van der Waals surface area contributed by atoms with Crippen molar-refractivity contribution in [1.82, 2.24) is 5.32 Å². The molecule has 0 bridgehead atoms. The molecule has 1 N–H and O–H groups in total. The molecule has 0 aromatic heterocycles. The van der Waals surface area contributed by atoms with Crippen LogP contribution in [0.3, 0.4) is 0 Å². The first-order valence-corrected chi connectivity index (χ1v) is 9.13. The van der Waals surface area contributed by atoms with E-state index in [0.717, 1.165) is 21.9 Å². The third kappa shape index (κ3) is 5.56. The summed E-state index contributed by atoms with van der Waals surface area (Å²) >= 11 is 5.84. The van der Waals surface area contributed by atoms with Crippen LogP contribution in [-0.4, -0.2) is 25.0 Å². The highest BCUT2D eigenvalue weighted by Gasteiger charge is 2.10. The Morgan fingerprint density at radius 2 is 1.67 bits per heavy atom. The van der Waals surface area contributed by atoms with E-state index in [2.05, 4.69) is 5.32 Å². The summed E-state index contributed by atoms with van der Waals surface area (Å²) in [4.78, 5) is 23.9. The minimum atomic E-state index is -0.417. The number of carbonyl (C=O) groups excluding carboxylic acids is 2. The monoisotopic (exact) mass is 381 g/mol. The van der Waals surface area contributed by atoms with Gasteiger partial charge in [0.1, 0.15) is 0 Å². The number of hydrogen-bond donors (Lipinski definition) is 1. The molecule has 138 valence electrons. The molecule has 27 heavy (non-hydrogen) atoms. The molecule has 0 radical (unpaired) electrons. The second-order valence-corrected chi connectivity index (χ2v) is 6.64. The lowest BCUT2D eigenvalue weighted by molar-refractivity contribution is -0.147. The molecule has 0 atom stereocenters. The number of esters is 1. The molecular formula is C22H20ClNO3. The Morgan fingerprint density at radius 1 is 0.926 bits per heavy atom. The number of nitrogens with one attached hydrogen (secondary N) is 1. The maximum absolute atomic E-state index is 12.1. The molecule has 0 fully saturated rings. The average molecular weight is 382 g/mol. The van der Waals surface area contributed by atoms with Crippen LogP contribution in [0.4, 0.5) is 0 Å². The van der Waals surface area contributed by atoms with Gasteiger partial charge in [-0.25, -0.2) is 0 Å². The first-order chi connectivity index (χ1) is 13.1. The molecule has 5 heteroatoms. The van der Waals surface area contributed by atoms with Crippen LogP contribution in [-0.2, 0) is 27.2 Å². The SMILES string of the molecule is O=C(COC(=O)Cc1cccc2ccccc12)NCCc1ccc(Cl)cc1. The number of rotatable bonds is 7. The molecule has 0 aliphatic carbocycles.